The van der Waals surface area contributed by atoms with Gasteiger partial charge in [0.2, 0.25) is 5.95 Å². The second-order valence-electron chi connectivity index (χ2n) is 8.46. The molecule has 0 spiro atoms. The molecule has 0 saturated carbocycles. The summed E-state index contributed by atoms with van der Waals surface area (Å²) in [6, 6.07) is 10.8. The molecule has 0 radical (unpaired) electrons. The zero-order valence-corrected chi connectivity index (χ0v) is 19.3. The predicted octanol–water partition coefficient (Wildman–Crippen LogP) is 5.52. The first-order valence-electron chi connectivity index (χ1n) is 10.6. The third kappa shape index (κ3) is 4.11. The van der Waals surface area contributed by atoms with Crippen molar-refractivity contribution < 1.29 is 4.74 Å². The molecule has 0 aliphatic carbocycles. The lowest BCUT2D eigenvalue weighted by molar-refractivity contribution is 0.0347. The SMILES string of the molecule is CSc1ccc(-c2cc3c(cn2)OC(C)(C2CCN(c4ncc(Cl)cn4)CC2)C3)cc1. The number of benzene rings is 1. The molecule has 1 aromatic carbocycles. The molecule has 1 atom stereocenters. The summed E-state index contributed by atoms with van der Waals surface area (Å²) in [6.07, 6.45) is 10.3. The van der Waals surface area contributed by atoms with Crippen LogP contribution in [0, 0.1) is 5.92 Å². The van der Waals surface area contributed by atoms with Crippen molar-refractivity contribution in [2.24, 2.45) is 5.92 Å². The van der Waals surface area contributed by atoms with Gasteiger partial charge in [0, 0.05) is 41.5 Å². The molecule has 160 valence electrons. The molecule has 2 aliphatic rings. The van der Waals surface area contributed by atoms with Gasteiger partial charge in [0.1, 0.15) is 11.4 Å². The molecule has 1 fully saturated rings. The fourth-order valence-corrected chi connectivity index (χ4v) is 5.19. The molecule has 7 heteroatoms. The molecule has 31 heavy (non-hydrogen) atoms. The van der Waals surface area contributed by atoms with E-state index in [2.05, 4.69) is 63.4 Å². The van der Waals surface area contributed by atoms with Gasteiger partial charge in [-0.05, 0) is 44.2 Å². The minimum absolute atomic E-state index is 0.196. The van der Waals surface area contributed by atoms with Crippen LogP contribution in [0.3, 0.4) is 0 Å². The minimum Gasteiger partial charge on any atom is -0.485 e. The summed E-state index contributed by atoms with van der Waals surface area (Å²) < 4.78 is 6.48. The van der Waals surface area contributed by atoms with Crippen molar-refractivity contribution in [3.63, 3.8) is 0 Å². The highest BCUT2D eigenvalue weighted by molar-refractivity contribution is 7.98. The third-order valence-corrected chi connectivity index (χ3v) is 7.41. The smallest absolute Gasteiger partial charge is 0.225 e. The highest BCUT2D eigenvalue weighted by atomic mass is 35.5. The van der Waals surface area contributed by atoms with Crippen LogP contribution in [0.5, 0.6) is 5.75 Å². The van der Waals surface area contributed by atoms with Gasteiger partial charge in [0.15, 0.2) is 0 Å². The topological polar surface area (TPSA) is 51.1 Å². The largest absolute Gasteiger partial charge is 0.485 e. The van der Waals surface area contributed by atoms with Crippen LogP contribution in [0.4, 0.5) is 5.95 Å². The number of hydrogen-bond acceptors (Lipinski definition) is 6. The lowest BCUT2D eigenvalue weighted by Gasteiger charge is -2.39. The van der Waals surface area contributed by atoms with Crippen molar-refractivity contribution in [2.75, 3.05) is 24.2 Å². The zero-order chi connectivity index (χ0) is 21.4. The maximum atomic E-state index is 6.48. The number of anilines is 1. The first kappa shape index (κ1) is 20.6. The number of thioether (sulfide) groups is 1. The molecule has 1 unspecified atom stereocenters. The molecular formula is C24H25ClN4OS. The first-order valence-corrected chi connectivity index (χ1v) is 12.2. The summed E-state index contributed by atoms with van der Waals surface area (Å²) >= 11 is 7.67. The van der Waals surface area contributed by atoms with Gasteiger partial charge in [0.25, 0.3) is 0 Å². The van der Waals surface area contributed by atoms with Gasteiger partial charge >= 0.3 is 0 Å². The van der Waals surface area contributed by atoms with E-state index in [1.807, 2.05) is 6.20 Å². The quantitative estimate of drug-likeness (QED) is 0.485. The summed E-state index contributed by atoms with van der Waals surface area (Å²) in [4.78, 5) is 16.9. The average Bonchev–Trinajstić information content (AvgIpc) is 3.16. The van der Waals surface area contributed by atoms with Crippen molar-refractivity contribution in [1.82, 2.24) is 15.0 Å². The molecule has 0 bridgehead atoms. The number of hydrogen-bond donors (Lipinski definition) is 0. The molecule has 2 aromatic heterocycles. The van der Waals surface area contributed by atoms with Gasteiger partial charge in [-0.25, -0.2) is 9.97 Å². The Morgan fingerprint density at radius 3 is 2.45 bits per heavy atom. The van der Waals surface area contributed by atoms with Crippen molar-refractivity contribution in [2.45, 2.75) is 36.7 Å². The van der Waals surface area contributed by atoms with Crippen LogP contribution < -0.4 is 9.64 Å². The number of halogens is 1. The average molecular weight is 453 g/mol. The lowest BCUT2D eigenvalue weighted by Crippen LogP contribution is -2.46. The highest BCUT2D eigenvalue weighted by Gasteiger charge is 2.43. The summed E-state index contributed by atoms with van der Waals surface area (Å²) in [7, 11) is 0. The van der Waals surface area contributed by atoms with Gasteiger partial charge in [-0.2, -0.15) is 0 Å². The predicted molar refractivity (Wildman–Crippen MR) is 126 cm³/mol. The van der Waals surface area contributed by atoms with E-state index >= 15 is 0 Å². The Bertz CT molecular complexity index is 1070. The molecule has 0 amide bonds. The summed E-state index contributed by atoms with van der Waals surface area (Å²) in [6.45, 7) is 4.10. The zero-order valence-electron chi connectivity index (χ0n) is 17.7. The monoisotopic (exact) mass is 452 g/mol. The summed E-state index contributed by atoms with van der Waals surface area (Å²) in [5.74, 6) is 2.16. The minimum atomic E-state index is -0.196. The van der Waals surface area contributed by atoms with Gasteiger partial charge in [-0.3, -0.25) is 4.98 Å². The molecule has 1 saturated heterocycles. The van der Waals surface area contributed by atoms with E-state index in [1.54, 1.807) is 24.2 Å². The normalized spacial score (nSPS) is 21.1. The van der Waals surface area contributed by atoms with Crippen LogP contribution in [0.15, 0.2) is 53.8 Å². The molecule has 3 aromatic rings. The molecule has 5 nitrogen and oxygen atoms in total. The van der Waals surface area contributed by atoms with Crippen LogP contribution in [-0.4, -0.2) is 39.9 Å². The first-order chi connectivity index (χ1) is 15.0. The molecule has 0 N–H and O–H groups in total. The van der Waals surface area contributed by atoms with Crippen molar-refractivity contribution in [3.05, 3.63) is 59.5 Å². The van der Waals surface area contributed by atoms with Gasteiger partial charge < -0.3 is 9.64 Å². The number of aromatic nitrogens is 3. The maximum absolute atomic E-state index is 6.48. The Balaban J connectivity index is 1.28. The molecule has 5 rings (SSSR count). The van der Waals surface area contributed by atoms with Crippen molar-refractivity contribution in [3.8, 4) is 17.0 Å². The molecule has 2 aliphatic heterocycles. The summed E-state index contributed by atoms with van der Waals surface area (Å²) in [5, 5.41) is 0.566. The van der Waals surface area contributed by atoms with Crippen LogP contribution in [0.1, 0.15) is 25.3 Å². The summed E-state index contributed by atoms with van der Waals surface area (Å²) in [5.41, 5.74) is 3.21. The standard InChI is InChI=1S/C24H25ClN4OS/c1-24(18-7-9-29(10-8-18)23-27-13-19(25)14-28-23)12-17-11-21(26-15-22(17)30-24)16-3-5-20(31-2)6-4-16/h3-6,11,13-15,18H,7-10,12H2,1-2H3. The third-order valence-electron chi connectivity index (χ3n) is 6.47. The fraction of sp³-hybridized carbons (Fsp3) is 0.375. The van der Waals surface area contributed by atoms with E-state index in [1.165, 1.54) is 10.5 Å². The molecule has 4 heterocycles. The number of nitrogens with zero attached hydrogens (tertiary/aromatic N) is 4. The van der Waals surface area contributed by atoms with Crippen molar-refractivity contribution in [1.29, 1.82) is 0 Å². The van der Waals surface area contributed by atoms with Gasteiger partial charge in [0.05, 0.1) is 29.3 Å². The number of rotatable bonds is 4. The molecular weight excluding hydrogens is 428 g/mol. The van der Waals surface area contributed by atoms with E-state index in [0.717, 1.165) is 55.3 Å². The number of pyridine rings is 1. The number of piperidine rings is 1. The lowest BCUT2D eigenvalue weighted by atomic mass is 9.79. The Hall–Kier alpha value is -2.31. The van der Waals surface area contributed by atoms with Crippen LogP contribution in [-0.2, 0) is 6.42 Å². The fourth-order valence-electron chi connectivity index (χ4n) is 4.69. The Morgan fingerprint density at radius 2 is 1.77 bits per heavy atom. The van der Waals surface area contributed by atoms with E-state index in [-0.39, 0.29) is 5.60 Å². The van der Waals surface area contributed by atoms with E-state index < -0.39 is 0 Å². The van der Waals surface area contributed by atoms with Crippen LogP contribution in [0.2, 0.25) is 5.02 Å². The Kier molecular flexibility index (Phi) is 5.52. The van der Waals surface area contributed by atoms with Crippen molar-refractivity contribution >= 4 is 29.3 Å². The second-order valence-corrected chi connectivity index (χ2v) is 9.78. The van der Waals surface area contributed by atoms with E-state index in [9.17, 15) is 0 Å². The number of fused-ring (bicyclic) bond motifs is 1. The Labute approximate surface area is 192 Å². The van der Waals surface area contributed by atoms with Crippen LogP contribution in [0.25, 0.3) is 11.3 Å². The number of ether oxygens (including phenoxy) is 1. The highest BCUT2D eigenvalue weighted by Crippen LogP contribution is 2.43. The second kappa shape index (κ2) is 8.32. The Morgan fingerprint density at radius 1 is 1.06 bits per heavy atom. The van der Waals surface area contributed by atoms with Gasteiger partial charge in [-0.1, -0.05) is 23.7 Å². The van der Waals surface area contributed by atoms with Crippen LogP contribution >= 0.6 is 23.4 Å². The van der Waals surface area contributed by atoms with E-state index in [4.69, 9.17) is 16.3 Å². The van der Waals surface area contributed by atoms with Gasteiger partial charge in [-0.15, -0.1) is 11.8 Å². The van der Waals surface area contributed by atoms with E-state index in [0.29, 0.717) is 10.9 Å². The maximum Gasteiger partial charge on any atom is 0.225 e.